The fourth-order valence-electron chi connectivity index (χ4n) is 2.25. The Kier molecular flexibility index (Phi) is 7.89. The molecule has 0 unspecified atom stereocenters. The van der Waals surface area contributed by atoms with E-state index < -0.39 is 24.5 Å². The monoisotopic (exact) mass is 403 g/mol. The van der Waals surface area contributed by atoms with Crippen molar-refractivity contribution in [1.29, 1.82) is 0 Å². The number of hydrogen-bond acceptors (Lipinski definition) is 8. The first-order chi connectivity index (χ1) is 13.9. The summed E-state index contributed by atoms with van der Waals surface area (Å²) < 4.78 is 14.2. The van der Waals surface area contributed by atoms with Crippen molar-refractivity contribution in [3.8, 4) is 0 Å². The number of anilines is 2. The van der Waals surface area contributed by atoms with Gasteiger partial charge in [-0.3, -0.25) is 14.4 Å². The molecule has 10 nitrogen and oxygen atoms in total. The third-order valence-corrected chi connectivity index (χ3v) is 3.63. The van der Waals surface area contributed by atoms with Gasteiger partial charge in [-0.1, -0.05) is 5.16 Å². The van der Waals surface area contributed by atoms with Gasteiger partial charge in [0.2, 0.25) is 5.91 Å². The first kappa shape index (κ1) is 21.6. The van der Waals surface area contributed by atoms with Crippen LogP contribution in [0, 0.1) is 6.92 Å². The molecule has 0 saturated carbocycles. The summed E-state index contributed by atoms with van der Waals surface area (Å²) in [5.41, 5.74) is 0.890. The molecule has 2 rings (SSSR count). The van der Waals surface area contributed by atoms with Crippen molar-refractivity contribution in [2.24, 2.45) is 0 Å². The number of benzene rings is 1. The quantitative estimate of drug-likeness (QED) is 0.607. The summed E-state index contributed by atoms with van der Waals surface area (Å²) in [4.78, 5) is 46.6. The molecule has 1 aromatic heterocycles. The molecule has 0 aliphatic heterocycles. The second-order valence-electron chi connectivity index (χ2n) is 6.00. The van der Waals surface area contributed by atoms with Gasteiger partial charge in [0.05, 0.1) is 12.7 Å². The number of aromatic nitrogens is 1. The van der Waals surface area contributed by atoms with Crippen LogP contribution in [-0.4, -0.2) is 42.6 Å². The van der Waals surface area contributed by atoms with Crippen LogP contribution in [0.2, 0.25) is 0 Å². The number of ether oxygens (including phenoxy) is 2. The average molecular weight is 403 g/mol. The van der Waals surface area contributed by atoms with Crippen molar-refractivity contribution < 1.29 is 33.2 Å². The summed E-state index contributed by atoms with van der Waals surface area (Å²) >= 11 is 0. The summed E-state index contributed by atoms with van der Waals surface area (Å²) in [5.74, 6) is -1.12. The largest absolute Gasteiger partial charge is 0.465 e. The van der Waals surface area contributed by atoms with E-state index >= 15 is 0 Å². The minimum absolute atomic E-state index is 0.00888. The SMILES string of the molecule is COC(=O)c1ccc(NC(=O)CCCC(=O)OCC(=O)Nc2cc(C)on2)cc1. The molecule has 1 heterocycles. The zero-order chi connectivity index (χ0) is 21.2. The fraction of sp³-hybridized carbons (Fsp3) is 0.316. The lowest BCUT2D eigenvalue weighted by molar-refractivity contribution is -0.147. The number of nitrogens with one attached hydrogen (secondary N) is 2. The molecule has 1 aromatic carbocycles. The van der Waals surface area contributed by atoms with E-state index in [0.29, 0.717) is 17.0 Å². The van der Waals surface area contributed by atoms with Gasteiger partial charge in [0.25, 0.3) is 5.91 Å². The molecule has 0 bridgehead atoms. The van der Waals surface area contributed by atoms with Gasteiger partial charge in [0.1, 0.15) is 5.76 Å². The Labute approximate surface area is 166 Å². The van der Waals surface area contributed by atoms with Crippen molar-refractivity contribution in [2.45, 2.75) is 26.2 Å². The average Bonchev–Trinajstić information content (AvgIpc) is 3.11. The van der Waals surface area contributed by atoms with Crippen molar-refractivity contribution in [2.75, 3.05) is 24.4 Å². The number of hydrogen-bond donors (Lipinski definition) is 2. The number of nitrogens with zero attached hydrogens (tertiary/aromatic N) is 1. The van der Waals surface area contributed by atoms with Crippen LogP contribution in [0.25, 0.3) is 0 Å². The molecular weight excluding hydrogens is 382 g/mol. The minimum Gasteiger partial charge on any atom is -0.465 e. The zero-order valence-electron chi connectivity index (χ0n) is 16.0. The third kappa shape index (κ3) is 7.45. The van der Waals surface area contributed by atoms with E-state index in [-0.39, 0.29) is 31.0 Å². The Hall–Kier alpha value is -3.69. The highest BCUT2D eigenvalue weighted by Gasteiger charge is 2.11. The fourth-order valence-corrected chi connectivity index (χ4v) is 2.25. The second kappa shape index (κ2) is 10.6. The molecule has 0 fully saturated rings. The highest BCUT2D eigenvalue weighted by molar-refractivity contribution is 5.93. The first-order valence-corrected chi connectivity index (χ1v) is 8.74. The number of carbonyl (C=O) groups is 4. The van der Waals surface area contributed by atoms with Crippen molar-refractivity contribution >= 4 is 35.3 Å². The lowest BCUT2D eigenvalue weighted by Crippen LogP contribution is -2.21. The van der Waals surface area contributed by atoms with Crippen molar-refractivity contribution in [3.05, 3.63) is 41.7 Å². The number of esters is 2. The van der Waals surface area contributed by atoms with Crippen LogP contribution in [-0.2, 0) is 23.9 Å². The maximum absolute atomic E-state index is 11.9. The van der Waals surface area contributed by atoms with Crippen molar-refractivity contribution in [3.63, 3.8) is 0 Å². The van der Waals surface area contributed by atoms with E-state index in [9.17, 15) is 19.2 Å². The van der Waals surface area contributed by atoms with Crippen molar-refractivity contribution in [1.82, 2.24) is 5.16 Å². The number of carbonyl (C=O) groups excluding carboxylic acids is 4. The lowest BCUT2D eigenvalue weighted by atomic mass is 10.2. The molecule has 0 saturated heterocycles. The van der Waals surface area contributed by atoms with E-state index in [1.54, 1.807) is 19.1 Å². The second-order valence-corrected chi connectivity index (χ2v) is 6.00. The summed E-state index contributed by atoms with van der Waals surface area (Å²) in [6.07, 6.45) is 0.346. The molecule has 2 amide bonds. The van der Waals surface area contributed by atoms with Crippen LogP contribution in [0.15, 0.2) is 34.9 Å². The summed E-state index contributed by atoms with van der Waals surface area (Å²) in [5, 5.41) is 8.67. The standard InChI is InChI=1S/C19H21N3O7/c1-12-10-15(22-29-12)21-17(24)11-28-18(25)5-3-4-16(23)20-14-8-6-13(7-9-14)19(26)27-2/h6-10H,3-5,11H2,1-2H3,(H,20,23)(H,21,22,24). The summed E-state index contributed by atoms with van der Waals surface area (Å²) in [6.45, 7) is 1.22. The Morgan fingerprint density at radius 3 is 2.38 bits per heavy atom. The van der Waals surface area contributed by atoms with E-state index in [0.717, 1.165) is 0 Å². The Morgan fingerprint density at radius 1 is 1.03 bits per heavy atom. The van der Waals surface area contributed by atoms with Crippen LogP contribution in [0.1, 0.15) is 35.4 Å². The highest BCUT2D eigenvalue weighted by Crippen LogP contribution is 2.11. The molecule has 154 valence electrons. The van der Waals surface area contributed by atoms with Crippen LogP contribution >= 0.6 is 0 Å². The summed E-state index contributed by atoms with van der Waals surface area (Å²) in [7, 11) is 1.28. The molecule has 0 aliphatic rings. The smallest absolute Gasteiger partial charge is 0.337 e. The van der Waals surface area contributed by atoms with E-state index in [1.807, 2.05) is 0 Å². The van der Waals surface area contributed by atoms with Gasteiger partial charge < -0.3 is 24.6 Å². The molecule has 0 radical (unpaired) electrons. The lowest BCUT2D eigenvalue weighted by Gasteiger charge is -2.07. The molecule has 0 aliphatic carbocycles. The Bertz CT molecular complexity index is 874. The molecule has 0 atom stereocenters. The van der Waals surface area contributed by atoms with Gasteiger partial charge >= 0.3 is 11.9 Å². The maximum Gasteiger partial charge on any atom is 0.337 e. The predicted molar refractivity (Wildman–Crippen MR) is 101 cm³/mol. The Balaban J connectivity index is 1.63. The maximum atomic E-state index is 11.9. The molecule has 0 spiro atoms. The van der Waals surface area contributed by atoms with Crippen LogP contribution < -0.4 is 10.6 Å². The molecule has 2 aromatic rings. The van der Waals surface area contributed by atoms with E-state index in [1.165, 1.54) is 25.3 Å². The number of rotatable bonds is 9. The van der Waals surface area contributed by atoms with Crippen LogP contribution in [0.5, 0.6) is 0 Å². The van der Waals surface area contributed by atoms with Gasteiger partial charge in [-0.2, -0.15) is 0 Å². The van der Waals surface area contributed by atoms with Gasteiger partial charge in [-0.05, 0) is 37.6 Å². The highest BCUT2D eigenvalue weighted by atomic mass is 16.5. The topological polar surface area (TPSA) is 137 Å². The van der Waals surface area contributed by atoms with Gasteiger partial charge in [-0.15, -0.1) is 0 Å². The van der Waals surface area contributed by atoms with E-state index in [4.69, 9.17) is 9.26 Å². The molecule has 29 heavy (non-hydrogen) atoms. The van der Waals surface area contributed by atoms with Gasteiger partial charge in [-0.25, -0.2) is 4.79 Å². The van der Waals surface area contributed by atoms with Crippen LogP contribution in [0.4, 0.5) is 11.5 Å². The number of methoxy groups -OCH3 is 1. The molecule has 2 N–H and O–H groups in total. The van der Waals surface area contributed by atoms with E-state index in [2.05, 4.69) is 20.5 Å². The van der Waals surface area contributed by atoms with Gasteiger partial charge in [0, 0.05) is 24.6 Å². The number of amides is 2. The Morgan fingerprint density at radius 2 is 1.76 bits per heavy atom. The zero-order valence-corrected chi connectivity index (χ0v) is 16.0. The minimum atomic E-state index is -0.591. The first-order valence-electron chi connectivity index (χ1n) is 8.74. The predicted octanol–water partition coefficient (Wildman–Crippen LogP) is 2.06. The van der Waals surface area contributed by atoms with Gasteiger partial charge in [0.15, 0.2) is 12.4 Å². The third-order valence-electron chi connectivity index (χ3n) is 3.63. The molecule has 10 heteroatoms. The summed E-state index contributed by atoms with van der Waals surface area (Å²) in [6, 6.07) is 7.75. The normalized spacial score (nSPS) is 10.1. The molecular formula is C19H21N3O7. The van der Waals surface area contributed by atoms with Crippen LogP contribution in [0.3, 0.4) is 0 Å². The number of aryl methyl sites for hydroxylation is 1.